The van der Waals surface area contributed by atoms with Gasteiger partial charge in [0.15, 0.2) is 25.3 Å². The number of ketones is 1. The molecule has 1 aliphatic heterocycles. The van der Waals surface area contributed by atoms with Gasteiger partial charge in [0.25, 0.3) is 5.91 Å². The first-order valence-electron chi connectivity index (χ1n) is 14.9. The highest BCUT2D eigenvalue weighted by Gasteiger charge is 2.42. The number of anilines is 1. The fourth-order valence-corrected chi connectivity index (χ4v) is 7.76. The van der Waals surface area contributed by atoms with Crippen molar-refractivity contribution in [3.05, 3.63) is 48.5 Å². The Labute approximate surface area is 269 Å². The summed E-state index contributed by atoms with van der Waals surface area (Å²) in [6, 6.07) is 8.98. The number of rotatable bonds is 14. The first-order valence-corrected chi connectivity index (χ1v) is 20.1. The molecule has 0 saturated carbocycles. The van der Waals surface area contributed by atoms with Crippen LogP contribution < -0.4 is 5.32 Å². The summed E-state index contributed by atoms with van der Waals surface area (Å²) in [5.41, 5.74) is 1.58. The molecule has 1 fully saturated rings. The zero-order valence-corrected chi connectivity index (χ0v) is 29.6. The van der Waals surface area contributed by atoms with Crippen molar-refractivity contribution in [1.29, 1.82) is 0 Å². The van der Waals surface area contributed by atoms with Crippen LogP contribution in [0.3, 0.4) is 0 Å². The number of aromatic nitrogens is 4. The molecule has 3 atom stereocenters. The molecule has 0 radical (unpaired) electrons. The van der Waals surface area contributed by atoms with Gasteiger partial charge in [0.05, 0.1) is 19.0 Å². The highest BCUT2D eigenvalue weighted by Crippen LogP contribution is 2.41. The van der Waals surface area contributed by atoms with E-state index < -0.39 is 8.32 Å². The topological polar surface area (TPSA) is 117 Å². The molecular formula is C31H45N5O5S2Si. The smallest absolute Gasteiger partial charge is 0.256 e. The molecule has 3 aromatic rings. The van der Waals surface area contributed by atoms with Crippen molar-refractivity contribution >= 4 is 58.6 Å². The average molecular weight is 660 g/mol. The number of amides is 1. The summed E-state index contributed by atoms with van der Waals surface area (Å²) in [6.45, 7) is 17.5. The number of hydrogen-bond donors (Lipinski definition) is 1. The lowest BCUT2D eigenvalue weighted by atomic mass is 10.1. The van der Waals surface area contributed by atoms with E-state index >= 15 is 0 Å². The Hall–Kier alpha value is -2.29. The molecule has 1 N–H and O–H groups in total. The van der Waals surface area contributed by atoms with Crippen molar-refractivity contribution in [2.75, 3.05) is 17.9 Å². The fourth-order valence-electron chi connectivity index (χ4n) is 4.44. The van der Waals surface area contributed by atoms with Crippen LogP contribution in [-0.4, -0.2) is 69.0 Å². The summed E-state index contributed by atoms with van der Waals surface area (Å²) in [6.07, 6.45) is 4.23. The monoisotopic (exact) mass is 659 g/mol. The summed E-state index contributed by atoms with van der Waals surface area (Å²) in [4.78, 5) is 37.6. The molecule has 1 amide bonds. The van der Waals surface area contributed by atoms with Crippen molar-refractivity contribution < 1.29 is 23.5 Å². The molecule has 0 unspecified atom stereocenters. The lowest BCUT2D eigenvalue weighted by Crippen LogP contribution is -2.44. The molecule has 44 heavy (non-hydrogen) atoms. The number of carbonyl (C=O) groups is 2. The number of hydrogen-bond acceptors (Lipinski definition) is 10. The Kier molecular flexibility index (Phi) is 11.3. The van der Waals surface area contributed by atoms with E-state index in [9.17, 15) is 9.59 Å². The van der Waals surface area contributed by atoms with Crippen molar-refractivity contribution in [2.45, 2.75) is 102 Å². The van der Waals surface area contributed by atoms with E-state index in [1.807, 2.05) is 22.8 Å². The van der Waals surface area contributed by atoms with Gasteiger partial charge < -0.3 is 24.0 Å². The lowest BCUT2D eigenvalue weighted by Gasteiger charge is -2.37. The van der Waals surface area contributed by atoms with Gasteiger partial charge in [-0.1, -0.05) is 60.6 Å². The third kappa shape index (κ3) is 8.91. The molecule has 10 nitrogen and oxygen atoms in total. The largest absolute Gasteiger partial charge is 0.414 e. The van der Waals surface area contributed by atoms with E-state index in [1.165, 1.54) is 6.33 Å². The molecular weight excluding hydrogens is 615 g/mol. The van der Waals surface area contributed by atoms with E-state index in [0.717, 1.165) is 6.42 Å². The first kappa shape index (κ1) is 34.6. The van der Waals surface area contributed by atoms with Crippen LogP contribution in [0.1, 0.15) is 77.4 Å². The number of nitrogens with zero attached hydrogens (tertiary/aromatic N) is 4. The third-order valence-corrected chi connectivity index (χ3v) is 15.7. The second-order valence-electron chi connectivity index (χ2n) is 13.3. The fraction of sp³-hybridized carbons (Fsp3) is 0.581. The molecule has 3 heterocycles. The van der Waals surface area contributed by atoms with Crippen LogP contribution >= 0.6 is 21.6 Å². The van der Waals surface area contributed by atoms with Crippen LogP contribution in [0.25, 0.3) is 11.2 Å². The number of carbonyl (C=O) groups excluding carboxylic acids is 2. The molecule has 0 spiro atoms. The van der Waals surface area contributed by atoms with Gasteiger partial charge in [-0.3, -0.25) is 9.36 Å². The second kappa shape index (κ2) is 14.4. The number of fused-ring (bicyclic) bond motifs is 1. The molecule has 1 aliphatic rings. The summed E-state index contributed by atoms with van der Waals surface area (Å²) < 4.78 is 21.4. The summed E-state index contributed by atoms with van der Waals surface area (Å²) in [5.74, 6) is 0.760. The van der Waals surface area contributed by atoms with Crippen LogP contribution in [0.2, 0.25) is 18.1 Å². The summed E-state index contributed by atoms with van der Waals surface area (Å²) in [7, 11) is 1.37. The minimum absolute atomic E-state index is 0.0394. The predicted octanol–water partition coefficient (Wildman–Crippen LogP) is 7.26. The van der Waals surface area contributed by atoms with Crippen molar-refractivity contribution in [3.8, 4) is 0 Å². The van der Waals surface area contributed by atoms with Crippen molar-refractivity contribution in [3.63, 3.8) is 0 Å². The number of ether oxygens (including phenoxy) is 2. The predicted molar refractivity (Wildman–Crippen MR) is 180 cm³/mol. The van der Waals surface area contributed by atoms with Crippen molar-refractivity contribution in [2.24, 2.45) is 0 Å². The Bertz CT molecular complexity index is 1430. The molecule has 1 aromatic carbocycles. The van der Waals surface area contributed by atoms with Gasteiger partial charge in [-0.2, -0.15) is 0 Å². The minimum atomic E-state index is -2.02. The highest BCUT2D eigenvalue weighted by molar-refractivity contribution is 8.77. The van der Waals surface area contributed by atoms with Gasteiger partial charge in [-0.05, 0) is 57.5 Å². The van der Waals surface area contributed by atoms with Gasteiger partial charge in [0, 0.05) is 23.2 Å². The Morgan fingerprint density at radius 2 is 1.84 bits per heavy atom. The highest BCUT2D eigenvalue weighted by atomic mass is 33.1. The lowest BCUT2D eigenvalue weighted by molar-refractivity contribution is -0.117. The Morgan fingerprint density at radius 3 is 2.52 bits per heavy atom. The zero-order valence-electron chi connectivity index (χ0n) is 27.0. The minimum Gasteiger partial charge on any atom is -0.414 e. The molecule has 240 valence electrons. The van der Waals surface area contributed by atoms with E-state index in [-0.39, 0.29) is 39.9 Å². The first-order chi connectivity index (χ1) is 20.7. The van der Waals surface area contributed by atoms with E-state index in [2.05, 4.69) is 68.0 Å². The molecule has 13 heteroatoms. The summed E-state index contributed by atoms with van der Waals surface area (Å²) >= 11 is 0. The maximum Gasteiger partial charge on any atom is 0.256 e. The Morgan fingerprint density at radius 1 is 1.11 bits per heavy atom. The maximum absolute atomic E-state index is 12.8. The number of benzene rings is 1. The third-order valence-electron chi connectivity index (χ3n) is 8.23. The van der Waals surface area contributed by atoms with Gasteiger partial charge in [-0.15, -0.1) is 0 Å². The molecule has 0 aliphatic carbocycles. The van der Waals surface area contributed by atoms with Gasteiger partial charge in [0.2, 0.25) is 0 Å². The molecule has 1 saturated heterocycles. The van der Waals surface area contributed by atoms with Crippen molar-refractivity contribution in [1.82, 2.24) is 19.5 Å². The molecule has 4 rings (SSSR count). The zero-order chi connectivity index (χ0) is 32.1. The van der Waals surface area contributed by atoms with Gasteiger partial charge in [-0.25, -0.2) is 15.0 Å². The van der Waals surface area contributed by atoms with Crippen LogP contribution in [0.15, 0.2) is 43.0 Å². The van der Waals surface area contributed by atoms with E-state index in [0.29, 0.717) is 47.9 Å². The van der Waals surface area contributed by atoms with Gasteiger partial charge in [0.1, 0.15) is 30.4 Å². The SMILES string of the molecule is CC(=O)CCC(C)(C)SSCO[C@@H]1C[C@H](n2cnc3c(NC(=O)c4ccccc4)ncnc32)O[C@@H]1CO[Si](C)(C)C(C)(C)C. The van der Waals surface area contributed by atoms with Crippen LogP contribution in [-0.2, 0) is 18.7 Å². The second-order valence-corrected chi connectivity index (χ2v) is 21.0. The average Bonchev–Trinajstić information content (AvgIpc) is 3.58. The maximum atomic E-state index is 12.8. The quantitative estimate of drug-likeness (QED) is 0.0820. The number of Topliss-reactive ketones (excluding diaryl/α,β-unsaturated/α-hetero) is 1. The summed E-state index contributed by atoms with van der Waals surface area (Å²) in [5, 5.41) is 2.93. The van der Waals surface area contributed by atoms with Crippen LogP contribution in [0.5, 0.6) is 0 Å². The standard InChI is InChI=1S/C31H45N5O5S2Si/c1-21(37)14-15-31(5,6)43-42-20-39-23-16-25(41-24(23)17-40-44(7,8)30(2,3)4)36-19-34-26-27(32-18-33-28(26)36)35-29(38)22-12-10-9-11-13-22/h9-13,18-19,23-25H,14-17,20H2,1-8H3,(H,32,33,35,38)/t23-,24-,25-/m1/s1. The van der Waals surface area contributed by atoms with E-state index in [1.54, 1.807) is 47.0 Å². The normalized spacial score (nSPS) is 19.4. The number of imidazole rings is 1. The molecule has 2 aromatic heterocycles. The van der Waals surface area contributed by atoms with E-state index in [4.69, 9.17) is 13.9 Å². The van der Waals surface area contributed by atoms with Crippen LogP contribution in [0, 0.1) is 0 Å². The van der Waals surface area contributed by atoms with Crippen LogP contribution in [0.4, 0.5) is 5.82 Å². The molecule has 0 bridgehead atoms. The van der Waals surface area contributed by atoms with Gasteiger partial charge >= 0.3 is 0 Å². The number of nitrogens with one attached hydrogen (secondary N) is 1. The Balaban J connectivity index is 1.48.